The molecule has 0 bridgehead atoms. The van der Waals surface area contributed by atoms with Crippen molar-refractivity contribution < 1.29 is 31.1 Å². The topological polar surface area (TPSA) is 75.7 Å². The number of fused-ring (bicyclic) bond motifs is 1. The molecule has 2 aromatic rings. The minimum atomic E-state index is -4.82. The van der Waals surface area contributed by atoms with Crippen LogP contribution in [0.5, 0.6) is 5.75 Å². The van der Waals surface area contributed by atoms with Gasteiger partial charge in [0.25, 0.3) is 0 Å². The molecule has 0 unspecified atom stereocenters. The van der Waals surface area contributed by atoms with Crippen LogP contribution < -0.4 is 14.4 Å². The lowest BCUT2D eigenvalue weighted by Crippen LogP contribution is -2.42. The van der Waals surface area contributed by atoms with E-state index in [0.29, 0.717) is 5.69 Å². The van der Waals surface area contributed by atoms with Crippen LogP contribution in [0.1, 0.15) is 12.0 Å². The molecule has 10 heteroatoms. The highest BCUT2D eigenvalue weighted by Gasteiger charge is 2.75. The molecule has 29 heavy (non-hydrogen) atoms. The Hall–Kier alpha value is -2.75. The Bertz CT molecular complexity index is 1050. The molecule has 2 aliphatic rings. The molecule has 1 saturated carbocycles. The van der Waals surface area contributed by atoms with Crippen LogP contribution in [-0.4, -0.2) is 32.0 Å². The van der Waals surface area contributed by atoms with E-state index in [9.17, 15) is 26.4 Å². The Balaban J connectivity index is 1.51. The molecule has 6 nitrogen and oxygen atoms in total. The fourth-order valence-electron chi connectivity index (χ4n) is 3.66. The van der Waals surface area contributed by atoms with Crippen molar-refractivity contribution in [2.24, 2.45) is 5.92 Å². The van der Waals surface area contributed by atoms with Crippen LogP contribution in [0.3, 0.4) is 0 Å². The molecule has 2 atom stereocenters. The molecule has 1 aliphatic heterocycles. The van der Waals surface area contributed by atoms with Gasteiger partial charge in [0, 0.05) is 18.2 Å². The predicted molar refractivity (Wildman–Crippen MR) is 100 cm³/mol. The normalized spacial score (nSPS) is 24.7. The van der Waals surface area contributed by atoms with Gasteiger partial charge in [-0.25, -0.2) is 8.42 Å². The molecule has 0 spiro atoms. The zero-order valence-corrected chi connectivity index (χ0v) is 16.0. The number of hydrogen-bond acceptors (Lipinski definition) is 4. The molecule has 1 amide bonds. The number of hydrogen-bond donors (Lipinski definition) is 1. The van der Waals surface area contributed by atoms with Crippen molar-refractivity contribution in [2.75, 3.05) is 16.2 Å². The number of nitrogens with zero attached hydrogens (tertiary/aromatic N) is 1. The van der Waals surface area contributed by atoms with Gasteiger partial charge in [0.1, 0.15) is 5.75 Å². The van der Waals surface area contributed by atoms with Gasteiger partial charge in [-0.05, 0) is 49.7 Å². The number of amides is 1. The van der Waals surface area contributed by atoms with Crippen molar-refractivity contribution in [3.05, 3.63) is 54.1 Å². The van der Waals surface area contributed by atoms with Crippen molar-refractivity contribution in [3.63, 3.8) is 0 Å². The van der Waals surface area contributed by atoms with Gasteiger partial charge in [0.05, 0.1) is 5.69 Å². The van der Waals surface area contributed by atoms with Gasteiger partial charge in [-0.2, -0.15) is 0 Å². The summed E-state index contributed by atoms with van der Waals surface area (Å²) in [4.78, 5) is 12.8. The number of nitrogens with one attached hydrogen (secondary N) is 1. The number of rotatable bonds is 4. The first-order valence-corrected chi connectivity index (χ1v) is 10.2. The number of halogens is 3. The Labute approximate surface area is 165 Å². The smallest absolute Gasteiger partial charge is 0.406 e. The summed E-state index contributed by atoms with van der Waals surface area (Å²) in [6.07, 6.45) is -4.60. The molecule has 154 valence electrons. The van der Waals surface area contributed by atoms with Gasteiger partial charge in [-0.1, -0.05) is 17.7 Å². The maximum Gasteiger partial charge on any atom is 0.573 e. The number of carbonyl (C=O) groups is 1. The molecular weight excluding hydrogens is 409 g/mol. The minimum Gasteiger partial charge on any atom is -0.406 e. The third-order valence-electron chi connectivity index (χ3n) is 5.24. The lowest BCUT2D eigenvalue weighted by Gasteiger charge is -2.23. The quantitative estimate of drug-likeness (QED) is 0.813. The van der Waals surface area contributed by atoms with Crippen molar-refractivity contribution in [1.29, 1.82) is 0 Å². The largest absolute Gasteiger partial charge is 0.573 e. The monoisotopic (exact) mass is 426 g/mol. The van der Waals surface area contributed by atoms with Crippen molar-refractivity contribution >= 4 is 27.3 Å². The van der Waals surface area contributed by atoms with Crippen LogP contribution in [0, 0.1) is 12.8 Å². The van der Waals surface area contributed by atoms with Crippen LogP contribution in [0.2, 0.25) is 0 Å². The van der Waals surface area contributed by atoms with Gasteiger partial charge in [-0.3, -0.25) is 9.10 Å². The van der Waals surface area contributed by atoms with Crippen LogP contribution in [-0.2, 0) is 14.8 Å². The van der Waals surface area contributed by atoms with Crippen molar-refractivity contribution in [1.82, 2.24) is 0 Å². The van der Waals surface area contributed by atoms with Gasteiger partial charge in [0.15, 0.2) is 4.75 Å². The van der Waals surface area contributed by atoms with E-state index in [4.69, 9.17) is 0 Å². The third-order valence-corrected chi connectivity index (χ3v) is 7.78. The van der Waals surface area contributed by atoms with Crippen molar-refractivity contribution in [2.45, 2.75) is 24.5 Å². The molecule has 1 aliphatic carbocycles. The molecule has 0 aromatic heterocycles. The van der Waals surface area contributed by atoms with Gasteiger partial charge < -0.3 is 10.1 Å². The van der Waals surface area contributed by atoms with E-state index in [2.05, 4.69) is 10.1 Å². The average Bonchev–Trinajstić information content (AvgIpc) is 3.32. The van der Waals surface area contributed by atoms with E-state index in [1.165, 1.54) is 16.4 Å². The summed E-state index contributed by atoms with van der Waals surface area (Å²) in [5.74, 6) is -1.44. The van der Waals surface area contributed by atoms with Crippen LogP contribution in [0.15, 0.2) is 48.5 Å². The first-order valence-electron chi connectivity index (χ1n) is 8.79. The second kappa shape index (κ2) is 6.38. The number of sulfonamides is 1. The number of benzene rings is 2. The number of alkyl halides is 3. The van der Waals surface area contributed by atoms with E-state index in [-0.39, 0.29) is 24.6 Å². The first kappa shape index (κ1) is 19.6. The summed E-state index contributed by atoms with van der Waals surface area (Å²) in [6, 6.07) is 11.5. The molecule has 0 radical (unpaired) electrons. The molecular formula is C19H17F3N2O4S. The highest BCUT2D eigenvalue weighted by Crippen LogP contribution is 2.58. The summed E-state index contributed by atoms with van der Waals surface area (Å²) in [5, 5.41) is 2.51. The number of ether oxygens (including phenoxy) is 1. The van der Waals surface area contributed by atoms with E-state index >= 15 is 0 Å². The van der Waals surface area contributed by atoms with Crippen LogP contribution in [0.4, 0.5) is 24.5 Å². The Morgan fingerprint density at radius 1 is 1.14 bits per heavy atom. The molecule has 4 rings (SSSR count). The molecule has 2 aromatic carbocycles. The van der Waals surface area contributed by atoms with E-state index in [1.807, 2.05) is 6.92 Å². The fraction of sp³-hybridized carbons (Fsp3) is 0.316. The van der Waals surface area contributed by atoms with Crippen LogP contribution in [0.25, 0.3) is 0 Å². The summed E-state index contributed by atoms with van der Waals surface area (Å²) >= 11 is 0. The van der Waals surface area contributed by atoms with E-state index in [0.717, 1.165) is 17.7 Å². The second-order valence-corrected chi connectivity index (χ2v) is 9.31. The zero-order valence-electron chi connectivity index (χ0n) is 15.2. The Morgan fingerprint density at radius 2 is 1.76 bits per heavy atom. The van der Waals surface area contributed by atoms with Gasteiger partial charge in [-0.15, -0.1) is 13.2 Å². The summed E-state index contributed by atoms with van der Waals surface area (Å²) in [5.41, 5.74) is 1.68. The number of aryl methyl sites for hydroxylation is 1. The molecule has 1 saturated heterocycles. The lowest BCUT2D eigenvalue weighted by molar-refractivity contribution is -0.274. The average molecular weight is 426 g/mol. The molecule has 1 heterocycles. The third kappa shape index (κ3) is 3.31. The predicted octanol–water partition coefficient (Wildman–Crippen LogP) is 3.44. The van der Waals surface area contributed by atoms with E-state index in [1.54, 1.807) is 24.3 Å². The zero-order chi connectivity index (χ0) is 21.0. The van der Waals surface area contributed by atoms with Gasteiger partial charge >= 0.3 is 6.36 Å². The Kier molecular flexibility index (Phi) is 4.30. The minimum absolute atomic E-state index is 0.188. The highest BCUT2D eigenvalue weighted by molar-refractivity contribution is 7.95. The number of anilines is 2. The summed E-state index contributed by atoms with van der Waals surface area (Å²) < 4.78 is 66.4. The number of carbonyl (C=O) groups excluding carboxylic acids is 1. The van der Waals surface area contributed by atoms with Gasteiger partial charge in [0.2, 0.25) is 15.9 Å². The van der Waals surface area contributed by atoms with Crippen molar-refractivity contribution in [3.8, 4) is 5.75 Å². The molecule has 1 N–H and O–H groups in total. The maximum absolute atomic E-state index is 13.1. The molecule has 2 fully saturated rings. The Morgan fingerprint density at radius 3 is 2.34 bits per heavy atom. The second-order valence-electron chi connectivity index (χ2n) is 7.19. The lowest BCUT2D eigenvalue weighted by atomic mass is 10.2. The fourth-order valence-corrected chi connectivity index (χ4v) is 6.02. The standard InChI is InChI=1S/C19H17F3N2O4S/c1-12-2-6-15(7-3-12)24-11-13-10-18(13,29(24,26)27)17(25)23-14-4-8-16(9-5-14)28-19(20,21)22/h2-9,13H,10-11H2,1H3,(H,23,25)/t13-,18-/m1/s1. The summed E-state index contributed by atoms with van der Waals surface area (Å²) in [7, 11) is -3.92. The van der Waals surface area contributed by atoms with Crippen LogP contribution >= 0.6 is 0 Å². The summed E-state index contributed by atoms with van der Waals surface area (Å²) in [6.45, 7) is 2.11. The highest BCUT2D eigenvalue weighted by atomic mass is 32.2. The first-order chi connectivity index (χ1) is 13.5. The van der Waals surface area contributed by atoms with E-state index < -0.39 is 32.8 Å². The SMILES string of the molecule is Cc1ccc(N2C[C@H]3C[C@@]3(C(=O)Nc3ccc(OC(F)(F)F)cc3)S2(=O)=O)cc1. The maximum atomic E-state index is 13.1.